The second-order valence-corrected chi connectivity index (χ2v) is 10.9. The monoisotopic (exact) mass is 558 g/mol. The summed E-state index contributed by atoms with van der Waals surface area (Å²) in [5, 5.41) is 6.21. The molecule has 1 aliphatic rings. The zero-order valence-corrected chi connectivity index (χ0v) is 21.3. The lowest BCUT2D eigenvalue weighted by Crippen LogP contribution is -2.43. The first-order valence-electron chi connectivity index (χ1n) is 10.6. The van der Waals surface area contributed by atoms with Crippen LogP contribution in [0.15, 0.2) is 33.8 Å². The Kier molecular flexibility index (Phi) is 9.04. The van der Waals surface area contributed by atoms with Gasteiger partial charge in [-0.2, -0.15) is 4.98 Å². The molecule has 2 amide bonds. The van der Waals surface area contributed by atoms with Crippen LogP contribution in [0.3, 0.4) is 0 Å². The molecule has 0 bridgehead atoms. The lowest BCUT2D eigenvalue weighted by Gasteiger charge is -2.18. The van der Waals surface area contributed by atoms with Crippen LogP contribution in [0.5, 0.6) is 5.75 Å². The zero-order valence-electron chi connectivity index (χ0n) is 18.1. The summed E-state index contributed by atoms with van der Waals surface area (Å²) < 4.78 is 22.3. The van der Waals surface area contributed by atoms with Crippen LogP contribution >= 0.6 is 27.5 Å². The predicted octanol–water partition coefficient (Wildman–Crippen LogP) is 3.98. The van der Waals surface area contributed by atoms with Gasteiger partial charge in [-0.25, -0.2) is 14.0 Å². The van der Waals surface area contributed by atoms with Crippen LogP contribution in [0.4, 0.5) is 16.3 Å². The highest BCUT2D eigenvalue weighted by atomic mass is 79.9. The first-order chi connectivity index (χ1) is 15.7. The number of nitrogens with zero attached hydrogens (tertiary/aromatic N) is 2. The van der Waals surface area contributed by atoms with E-state index in [9.17, 15) is 9.00 Å². The molecule has 3 rings (SSSR count). The second-order valence-electron chi connectivity index (χ2n) is 7.76. The van der Waals surface area contributed by atoms with Crippen molar-refractivity contribution in [2.24, 2.45) is 0 Å². The summed E-state index contributed by atoms with van der Waals surface area (Å²) in [5.41, 5.74) is 6.36. The quantitative estimate of drug-likeness (QED) is 0.150. The summed E-state index contributed by atoms with van der Waals surface area (Å²) in [6.45, 7) is 1.02. The van der Waals surface area contributed by atoms with Gasteiger partial charge >= 0.3 is 6.03 Å². The molecule has 12 heteroatoms. The molecular formula is C21H28BrClN6O3S. The van der Waals surface area contributed by atoms with Crippen molar-refractivity contribution in [3.05, 3.63) is 34.2 Å². The number of unbranched alkanes of at least 4 members (excludes halogenated alkanes) is 1. The van der Waals surface area contributed by atoms with Gasteiger partial charge in [-0.15, -0.1) is 0 Å². The lowest BCUT2D eigenvalue weighted by atomic mass is 10.3. The fourth-order valence-electron chi connectivity index (χ4n) is 3.49. The smallest absolute Gasteiger partial charge is 0.326 e. The Morgan fingerprint density at radius 1 is 1.33 bits per heavy atom. The number of nitrogens with two attached hydrogens (primary N) is 1. The van der Waals surface area contributed by atoms with Gasteiger partial charge in [-0.05, 0) is 71.2 Å². The molecule has 1 atom stereocenters. The Morgan fingerprint density at radius 2 is 2.09 bits per heavy atom. The molecule has 1 fully saturated rings. The van der Waals surface area contributed by atoms with E-state index in [0.717, 1.165) is 36.6 Å². The van der Waals surface area contributed by atoms with Gasteiger partial charge < -0.3 is 21.1 Å². The maximum Gasteiger partial charge on any atom is 0.326 e. The van der Waals surface area contributed by atoms with Crippen molar-refractivity contribution in [2.45, 2.75) is 49.5 Å². The number of nitrogens with one attached hydrogen (secondary N) is 3. The SMILES string of the molecule is C=S(=O)(NC(=O)NC1CCCC1)c1ccc(N)cc1OCCCCNc1nc(Cl)ncc1Br. The topological polar surface area (TPSA) is 131 Å². The van der Waals surface area contributed by atoms with Crippen molar-refractivity contribution in [1.82, 2.24) is 20.0 Å². The number of hydrogen-bond donors (Lipinski definition) is 4. The Morgan fingerprint density at radius 3 is 2.85 bits per heavy atom. The molecule has 0 saturated heterocycles. The summed E-state index contributed by atoms with van der Waals surface area (Å²) in [5.74, 6) is 4.71. The fourth-order valence-corrected chi connectivity index (χ4v) is 5.15. The number of aromatic nitrogens is 2. The van der Waals surface area contributed by atoms with Gasteiger partial charge in [0.2, 0.25) is 5.28 Å². The number of urea groups is 1. The maximum absolute atomic E-state index is 13.2. The average Bonchev–Trinajstić information content (AvgIpc) is 3.25. The Labute approximate surface area is 207 Å². The number of anilines is 2. The maximum atomic E-state index is 13.2. The summed E-state index contributed by atoms with van der Waals surface area (Å²) in [6.07, 6.45) is 7.11. The molecule has 1 unspecified atom stereocenters. The Hall–Kier alpha value is -2.24. The highest BCUT2D eigenvalue weighted by molar-refractivity contribution is 9.10. The van der Waals surface area contributed by atoms with E-state index in [0.29, 0.717) is 41.7 Å². The van der Waals surface area contributed by atoms with Gasteiger partial charge in [0.05, 0.1) is 25.7 Å². The highest BCUT2D eigenvalue weighted by Crippen LogP contribution is 2.27. The fraction of sp³-hybridized carbons (Fsp3) is 0.429. The number of nitrogen functional groups attached to an aromatic ring is 1. The van der Waals surface area contributed by atoms with Gasteiger partial charge in [0, 0.05) is 30.5 Å². The molecule has 1 aromatic heterocycles. The summed E-state index contributed by atoms with van der Waals surface area (Å²) >= 11 is 9.18. The van der Waals surface area contributed by atoms with E-state index in [-0.39, 0.29) is 11.3 Å². The van der Waals surface area contributed by atoms with Crippen LogP contribution in [0.2, 0.25) is 5.28 Å². The molecule has 1 aliphatic carbocycles. The van der Waals surface area contributed by atoms with E-state index in [1.54, 1.807) is 24.4 Å². The third-order valence-corrected chi connectivity index (χ3v) is 7.43. The molecule has 0 aliphatic heterocycles. The predicted molar refractivity (Wildman–Crippen MR) is 136 cm³/mol. The molecule has 1 saturated carbocycles. The largest absolute Gasteiger partial charge is 0.492 e. The molecule has 33 heavy (non-hydrogen) atoms. The number of carbonyl (C=O) groups is 1. The van der Waals surface area contributed by atoms with Gasteiger partial charge in [0.15, 0.2) is 0 Å². The minimum Gasteiger partial charge on any atom is -0.492 e. The summed E-state index contributed by atoms with van der Waals surface area (Å²) in [7, 11) is -3.13. The van der Waals surface area contributed by atoms with E-state index in [4.69, 9.17) is 22.1 Å². The molecule has 5 N–H and O–H groups in total. The van der Waals surface area contributed by atoms with Gasteiger partial charge in [0.1, 0.15) is 11.6 Å². The van der Waals surface area contributed by atoms with E-state index in [1.165, 1.54) is 0 Å². The van der Waals surface area contributed by atoms with E-state index < -0.39 is 15.7 Å². The summed E-state index contributed by atoms with van der Waals surface area (Å²) in [6, 6.07) is 4.39. The first-order valence-corrected chi connectivity index (χ1v) is 13.5. The summed E-state index contributed by atoms with van der Waals surface area (Å²) in [4.78, 5) is 20.6. The van der Waals surface area contributed by atoms with E-state index in [2.05, 4.69) is 47.1 Å². The lowest BCUT2D eigenvalue weighted by molar-refractivity contribution is 0.242. The molecule has 0 radical (unpaired) electrons. The Bertz CT molecular complexity index is 1080. The molecule has 2 aromatic rings. The number of rotatable bonds is 10. The van der Waals surface area contributed by atoms with Crippen LogP contribution in [-0.2, 0) is 9.71 Å². The number of ether oxygens (including phenoxy) is 1. The standard InChI is InChI=1S/C21H28BrClN6O3S/c1-33(31,29-21(30)27-15-6-2-3-7-15)18-9-8-14(24)12-17(18)32-11-5-4-10-25-19-16(22)13-26-20(23)28-19/h8-9,12-13,15H,1-7,10-11,24H2,(H,25,26,28)(H2,27,29,30,31). The number of benzene rings is 1. The zero-order chi connectivity index (χ0) is 23.8. The van der Waals surface area contributed by atoms with Crippen LogP contribution in [0.1, 0.15) is 38.5 Å². The Balaban J connectivity index is 1.52. The molecule has 1 heterocycles. The first kappa shape index (κ1) is 25.4. The average molecular weight is 560 g/mol. The molecular weight excluding hydrogens is 532 g/mol. The van der Waals surface area contributed by atoms with Crippen LogP contribution in [0.25, 0.3) is 0 Å². The number of carbonyl (C=O) groups excluding carboxylic acids is 1. The van der Waals surface area contributed by atoms with Crippen LogP contribution in [-0.4, -0.2) is 45.3 Å². The molecule has 1 aromatic carbocycles. The van der Waals surface area contributed by atoms with Gasteiger partial charge in [0.25, 0.3) is 0 Å². The van der Waals surface area contributed by atoms with Gasteiger partial charge in [-0.3, -0.25) is 4.72 Å². The van der Waals surface area contributed by atoms with Crippen molar-refractivity contribution >= 4 is 60.6 Å². The molecule has 180 valence electrons. The van der Waals surface area contributed by atoms with Crippen LogP contribution in [0, 0.1) is 0 Å². The third kappa shape index (κ3) is 7.65. The van der Waals surface area contributed by atoms with Gasteiger partial charge in [-0.1, -0.05) is 12.8 Å². The molecule has 9 nitrogen and oxygen atoms in total. The normalized spacial score (nSPS) is 15.6. The highest BCUT2D eigenvalue weighted by Gasteiger charge is 2.21. The minimum atomic E-state index is -3.13. The number of hydrogen-bond acceptors (Lipinski definition) is 7. The molecule has 0 spiro atoms. The van der Waals surface area contributed by atoms with Crippen molar-refractivity contribution < 1.29 is 13.7 Å². The van der Waals surface area contributed by atoms with Crippen molar-refractivity contribution in [1.29, 1.82) is 0 Å². The third-order valence-electron chi connectivity index (χ3n) is 5.11. The van der Waals surface area contributed by atoms with Crippen molar-refractivity contribution in [2.75, 3.05) is 24.2 Å². The van der Waals surface area contributed by atoms with Crippen LogP contribution < -0.4 is 25.8 Å². The number of halogens is 2. The van der Waals surface area contributed by atoms with Crippen molar-refractivity contribution in [3.8, 4) is 5.75 Å². The van der Waals surface area contributed by atoms with Crippen molar-refractivity contribution in [3.63, 3.8) is 0 Å². The van der Waals surface area contributed by atoms with E-state index in [1.807, 2.05) is 0 Å². The minimum absolute atomic E-state index is 0.106. The van der Waals surface area contributed by atoms with E-state index >= 15 is 0 Å². The second kappa shape index (κ2) is 11.8. The number of amides is 2.